The lowest BCUT2D eigenvalue weighted by Crippen LogP contribution is -2.59. The van der Waals surface area contributed by atoms with Crippen molar-refractivity contribution in [3.63, 3.8) is 0 Å². The van der Waals surface area contributed by atoms with E-state index in [0.29, 0.717) is 31.0 Å². The summed E-state index contributed by atoms with van der Waals surface area (Å²) in [5.41, 5.74) is 3.64. The summed E-state index contributed by atoms with van der Waals surface area (Å²) in [4.78, 5) is 0. The summed E-state index contributed by atoms with van der Waals surface area (Å²) in [6, 6.07) is 14.1. The largest absolute Gasteiger partial charge is 0.466 e. The maximum atomic E-state index is 12.0. The van der Waals surface area contributed by atoms with Crippen LogP contribution in [0.25, 0.3) is 0 Å². The molecule has 5 rings (SSSR count). The Kier molecular flexibility index (Phi) is 4.61. The fraction of sp³-hybridized carbons (Fsp3) is 0.409. The minimum atomic E-state index is -3.22. The second-order valence-corrected chi connectivity index (χ2v) is 10.7. The normalized spacial score (nSPS) is 23.0. The molecule has 30 heavy (non-hydrogen) atoms. The molecule has 8 heteroatoms. The Bertz CT molecular complexity index is 1120. The number of para-hydroxylation sites is 1. The summed E-state index contributed by atoms with van der Waals surface area (Å²) in [5, 5.41) is 7.81. The Morgan fingerprint density at radius 2 is 1.83 bits per heavy atom. The van der Waals surface area contributed by atoms with Crippen molar-refractivity contribution in [1.82, 2.24) is 9.31 Å². The average molecular weight is 446 g/mol. The molecule has 0 saturated carbocycles. The molecule has 0 N–H and O–H groups in total. The summed E-state index contributed by atoms with van der Waals surface area (Å²) in [6.45, 7) is 2.91. The molecule has 0 unspecified atom stereocenters. The van der Waals surface area contributed by atoms with Gasteiger partial charge in [-0.1, -0.05) is 41.9 Å². The number of ether oxygens (including phenoxy) is 1. The van der Waals surface area contributed by atoms with Crippen molar-refractivity contribution in [2.24, 2.45) is 5.10 Å². The highest BCUT2D eigenvalue weighted by Crippen LogP contribution is 2.51. The summed E-state index contributed by atoms with van der Waals surface area (Å²) in [7, 11) is -3.22. The molecule has 0 radical (unpaired) electrons. The zero-order chi connectivity index (χ0) is 21.1. The minimum absolute atomic E-state index is 0.0733. The highest BCUT2D eigenvalue weighted by molar-refractivity contribution is 7.88. The lowest BCUT2D eigenvalue weighted by atomic mass is 9.90. The van der Waals surface area contributed by atoms with Gasteiger partial charge in [0.2, 0.25) is 15.7 Å². The Morgan fingerprint density at radius 1 is 1.13 bits per heavy atom. The van der Waals surface area contributed by atoms with Crippen LogP contribution in [0.3, 0.4) is 0 Å². The van der Waals surface area contributed by atoms with E-state index in [1.54, 1.807) is 0 Å². The maximum absolute atomic E-state index is 12.0. The van der Waals surface area contributed by atoms with Crippen LogP contribution in [-0.2, 0) is 10.0 Å². The van der Waals surface area contributed by atoms with Crippen LogP contribution < -0.4 is 4.74 Å². The van der Waals surface area contributed by atoms with E-state index in [-0.39, 0.29) is 6.04 Å². The number of fused-ring (bicyclic) bond motifs is 4. The molecule has 0 aliphatic carbocycles. The van der Waals surface area contributed by atoms with E-state index in [0.717, 1.165) is 34.6 Å². The fourth-order valence-electron chi connectivity index (χ4n) is 4.76. The first-order valence-corrected chi connectivity index (χ1v) is 12.4. The van der Waals surface area contributed by atoms with Crippen molar-refractivity contribution in [2.45, 2.75) is 38.0 Å². The molecular formula is C22H24ClN3O3S. The van der Waals surface area contributed by atoms with Crippen LogP contribution in [0, 0.1) is 6.92 Å². The van der Waals surface area contributed by atoms with E-state index in [4.69, 9.17) is 21.4 Å². The number of halogens is 1. The van der Waals surface area contributed by atoms with Crippen molar-refractivity contribution in [3.8, 4) is 5.75 Å². The summed E-state index contributed by atoms with van der Waals surface area (Å²) in [6.07, 6.45) is 3.18. The predicted molar refractivity (Wildman–Crippen MR) is 117 cm³/mol. The molecule has 3 heterocycles. The van der Waals surface area contributed by atoms with Crippen LogP contribution >= 0.6 is 11.6 Å². The van der Waals surface area contributed by atoms with Crippen molar-refractivity contribution >= 4 is 27.3 Å². The zero-order valence-electron chi connectivity index (χ0n) is 17.0. The van der Waals surface area contributed by atoms with E-state index in [1.165, 1.54) is 10.6 Å². The second-order valence-electron chi connectivity index (χ2n) is 8.32. The fourth-order valence-corrected chi connectivity index (χ4v) is 5.73. The van der Waals surface area contributed by atoms with Crippen LogP contribution in [0.1, 0.15) is 42.0 Å². The third kappa shape index (κ3) is 3.20. The average Bonchev–Trinajstić information content (AvgIpc) is 3.16. The molecule has 6 nitrogen and oxygen atoms in total. The number of piperidine rings is 1. The Labute approximate surface area is 182 Å². The maximum Gasteiger partial charge on any atom is 0.211 e. The molecule has 2 aromatic carbocycles. The lowest BCUT2D eigenvalue weighted by Gasteiger charge is -2.51. The zero-order valence-corrected chi connectivity index (χ0v) is 18.6. The number of benzene rings is 2. The molecular weight excluding hydrogens is 422 g/mol. The van der Waals surface area contributed by atoms with Crippen molar-refractivity contribution in [1.29, 1.82) is 0 Å². The van der Waals surface area contributed by atoms with Gasteiger partial charge in [-0.15, -0.1) is 0 Å². The number of nitrogens with zero attached hydrogens (tertiary/aromatic N) is 3. The van der Waals surface area contributed by atoms with Gasteiger partial charge >= 0.3 is 0 Å². The smallest absolute Gasteiger partial charge is 0.211 e. The van der Waals surface area contributed by atoms with Crippen LogP contribution in [0.5, 0.6) is 5.75 Å². The van der Waals surface area contributed by atoms with E-state index in [9.17, 15) is 8.42 Å². The number of rotatable bonds is 2. The molecule has 1 spiro atoms. The van der Waals surface area contributed by atoms with E-state index in [2.05, 4.69) is 30.1 Å². The van der Waals surface area contributed by atoms with E-state index < -0.39 is 15.7 Å². The van der Waals surface area contributed by atoms with Crippen molar-refractivity contribution < 1.29 is 13.2 Å². The predicted octanol–water partition coefficient (Wildman–Crippen LogP) is 3.94. The molecule has 0 amide bonds. The Hall–Kier alpha value is -2.09. The van der Waals surface area contributed by atoms with Gasteiger partial charge in [-0.05, 0) is 30.2 Å². The monoisotopic (exact) mass is 445 g/mol. The standard InChI is InChI=1S/C22H24ClN3O3S/c1-15-4-3-5-18-20-14-19(16-6-8-17(23)9-7-16)24-26(20)22(29-21(15)18)10-12-25(13-11-22)30(2,27)28/h3-9,20H,10-14H2,1-2H3/t20-/m1/s1. The molecule has 1 saturated heterocycles. The second kappa shape index (κ2) is 6.97. The highest BCUT2D eigenvalue weighted by Gasteiger charge is 2.52. The summed E-state index contributed by atoms with van der Waals surface area (Å²) < 4.78 is 32.2. The highest BCUT2D eigenvalue weighted by atomic mass is 35.5. The van der Waals surface area contributed by atoms with Crippen LogP contribution in [-0.4, -0.2) is 48.5 Å². The first-order valence-electron chi connectivity index (χ1n) is 10.1. The minimum Gasteiger partial charge on any atom is -0.466 e. The Morgan fingerprint density at radius 3 is 2.50 bits per heavy atom. The SMILES string of the molecule is Cc1cccc2c1OC1(CCN(S(C)(=O)=O)CC1)N1N=C(c3ccc(Cl)cc3)C[C@H]21. The third-order valence-electron chi connectivity index (χ3n) is 6.37. The topological polar surface area (TPSA) is 62.2 Å². The molecule has 2 aromatic rings. The number of hydrazone groups is 1. The van der Waals surface area contributed by atoms with Crippen molar-refractivity contribution in [2.75, 3.05) is 19.3 Å². The van der Waals surface area contributed by atoms with Crippen LogP contribution in [0.2, 0.25) is 5.02 Å². The first kappa shape index (κ1) is 19.8. The summed E-state index contributed by atoms with van der Waals surface area (Å²) >= 11 is 6.07. The number of sulfonamides is 1. The third-order valence-corrected chi connectivity index (χ3v) is 7.93. The van der Waals surface area contributed by atoms with Gasteiger partial charge in [0.05, 0.1) is 18.0 Å². The van der Waals surface area contributed by atoms with Crippen LogP contribution in [0.15, 0.2) is 47.6 Å². The quantitative estimate of drug-likeness (QED) is 0.702. The van der Waals surface area contributed by atoms with Crippen LogP contribution in [0.4, 0.5) is 0 Å². The lowest BCUT2D eigenvalue weighted by molar-refractivity contribution is -0.143. The Balaban J connectivity index is 1.56. The molecule has 1 fully saturated rings. The molecule has 0 aromatic heterocycles. The van der Waals surface area contributed by atoms with E-state index in [1.807, 2.05) is 24.3 Å². The van der Waals surface area contributed by atoms with Gasteiger partial charge in [0.15, 0.2) is 0 Å². The van der Waals surface area contributed by atoms with Gasteiger partial charge < -0.3 is 4.74 Å². The molecule has 158 valence electrons. The van der Waals surface area contributed by atoms with Gasteiger partial charge in [-0.3, -0.25) is 0 Å². The van der Waals surface area contributed by atoms with Gasteiger partial charge in [-0.25, -0.2) is 17.7 Å². The molecule has 1 atom stereocenters. The number of aryl methyl sites for hydroxylation is 1. The number of hydrogen-bond donors (Lipinski definition) is 0. The molecule has 3 aliphatic heterocycles. The van der Waals surface area contributed by atoms with Gasteiger partial charge in [-0.2, -0.15) is 5.10 Å². The molecule has 0 bridgehead atoms. The van der Waals surface area contributed by atoms with E-state index >= 15 is 0 Å². The van der Waals surface area contributed by atoms with Gasteiger partial charge in [0.1, 0.15) is 5.75 Å². The summed E-state index contributed by atoms with van der Waals surface area (Å²) in [5.74, 6) is 0.916. The first-order chi connectivity index (χ1) is 14.3. The molecule has 3 aliphatic rings. The van der Waals surface area contributed by atoms with Gasteiger partial charge in [0, 0.05) is 42.9 Å². The number of hydrogen-bond acceptors (Lipinski definition) is 5. The van der Waals surface area contributed by atoms with Crippen molar-refractivity contribution in [3.05, 3.63) is 64.2 Å². The van der Waals surface area contributed by atoms with Gasteiger partial charge in [0.25, 0.3) is 0 Å².